The van der Waals surface area contributed by atoms with Gasteiger partial charge in [-0.15, -0.1) is 0 Å². The summed E-state index contributed by atoms with van der Waals surface area (Å²) < 4.78 is 7.04. The molecular weight excluding hydrogens is 190 g/mol. The molecule has 0 aliphatic carbocycles. The molecule has 0 aliphatic rings. The second kappa shape index (κ2) is 3.73. The van der Waals surface area contributed by atoms with Gasteiger partial charge in [0.1, 0.15) is 11.5 Å². The summed E-state index contributed by atoms with van der Waals surface area (Å²) in [5.41, 5.74) is 1.60. The zero-order valence-corrected chi connectivity index (χ0v) is 8.90. The Hall–Kier alpha value is -1.84. The summed E-state index contributed by atoms with van der Waals surface area (Å²) in [5.74, 6) is 0.598. The Kier molecular flexibility index (Phi) is 2.41. The fourth-order valence-electron chi connectivity index (χ4n) is 1.43. The van der Waals surface area contributed by atoms with E-state index in [1.54, 1.807) is 10.9 Å². The van der Waals surface area contributed by atoms with Crippen molar-refractivity contribution >= 4 is 16.8 Å². The van der Waals surface area contributed by atoms with Gasteiger partial charge in [-0.2, -0.15) is 5.10 Å². The number of hydrogen-bond acceptors (Lipinski definition) is 3. The summed E-state index contributed by atoms with van der Waals surface area (Å²) in [5, 5.41) is 5.14. The molecule has 78 valence electrons. The van der Waals surface area contributed by atoms with E-state index in [0.29, 0.717) is 12.4 Å². The summed E-state index contributed by atoms with van der Waals surface area (Å²) in [4.78, 5) is 4.43. The molecule has 0 saturated heterocycles. The average Bonchev–Trinajstić information content (AvgIpc) is 2.60. The summed E-state index contributed by atoms with van der Waals surface area (Å²) in [6, 6.07) is 3.86. The first-order valence-corrected chi connectivity index (χ1v) is 4.83. The molecule has 2 heterocycles. The largest absolute Gasteiger partial charge is 0.492 e. The fourth-order valence-corrected chi connectivity index (χ4v) is 1.43. The number of nitrogens with zero attached hydrogens (tertiary/aromatic N) is 3. The van der Waals surface area contributed by atoms with E-state index >= 15 is 0 Å². The van der Waals surface area contributed by atoms with Gasteiger partial charge in [0.2, 0.25) is 0 Å². The lowest BCUT2D eigenvalue weighted by Crippen LogP contribution is -1.96. The number of hydrogen-bond donors (Lipinski definition) is 0. The van der Waals surface area contributed by atoms with Gasteiger partial charge >= 0.3 is 0 Å². The number of ether oxygens (including phenoxy) is 1. The van der Waals surface area contributed by atoms with Crippen LogP contribution in [-0.4, -0.2) is 21.4 Å². The molecular formula is C11H13N3O. The molecule has 0 bridgehead atoms. The third kappa shape index (κ3) is 1.70. The minimum Gasteiger partial charge on any atom is -0.492 e. The molecule has 0 saturated carbocycles. The molecule has 0 aromatic carbocycles. The minimum atomic E-state index is 0.598. The standard InChI is InChI=1S/C11H13N3O/c1-4-15-8(2)10-6-5-9-7-12-14(3)11(9)13-10/h5-7H,2,4H2,1,3H3. The lowest BCUT2D eigenvalue weighted by molar-refractivity contribution is 0.298. The number of aromatic nitrogens is 3. The van der Waals surface area contributed by atoms with E-state index < -0.39 is 0 Å². The van der Waals surface area contributed by atoms with Crippen molar-refractivity contribution in [3.8, 4) is 0 Å². The zero-order chi connectivity index (χ0) is 10.8. The molecule has 4 nitrogen and oxygen atoms in total. The maximum absolute atomic E-state index is 5.31. The van der Waals surface area contributed by atoms with E-state index in [-0.39, 0.29) is 0 Å². The van der Waals surface area contributed by atoms with Gasteiger partial charge in [-0.3, -0.25) is 4.68 Å². The van der Waals surface area contributed by atoms with Crippen LogP contribution in [0.5, 0.6) is 0 Å². The predicted octanol–water partition coefficient (Wildman–Crippen LogP) is 1.98. The van der Waals surface area contributed by atoms with Crippen LogP contribution in [-0.2, 0) is 11.8 Å². The number of rotatable bonds is 3. The maximum Gasteiger partial charge on any atom is 0.158 e. The van der Waals surface area contributed by atoms with Crippen LogP contribution >= 0.6 is 0 Å². The Morgan fingerprint density at radius 3 is 3.07 bits per heavy atom. The monoisotopic (exact) mass is 203 g/mol. The van der Waals surface area contributed by atoms with Crippen molar-refractivity contribution in [3.63, 3.8) is 0 Å². The average molecular weight is 203 g/mol. The van der Waals surface area contributed by atoms with Crippen molar-refractivity contribution in [3.05, 3.63) is 30.6 Å². The molecule has 0 unspecified atom stereocenters. The second-order valence-electron chi connectivity index (χ2n) is 3.23. The smallest absolute Gasteiger partial charge is 0.158 e. The molecule has 15 heavy (non-hydrogen) atoms. The van der Waals surface area contributed by atoms with E-state index in [2.05, 4.69) is 16.7 Å². The van der Waals surface area contributed by atoms with Crippen LogP contribution in [0.4, 0.5) is 0 Å². The third-order valence-corrected chi connectivity index (χ3v) is 2.19. The van der Waals surface area contributed by atoms with Crippen molar-refractivity contribution in [2.24, 2.45) is 7.05 Å². The van der Waals surface area contributed by atoms with Gasteiger partial charge in [0.25, 0.3) is 0 Å². The summed E-state index contributed by atoms with van der Waals surface area (Å²) in [7, 11) is 1.86. The van der Waals surface area contributed by atoms with Crippen LogP contribution in [0.25, 0.3) is 16.8 Å². The minimum absolute atomic E-state index is 0.598. The molecule has 4 heteroatoms. The molecule has 0 N–H and O–H groups in total. The molecule has 2 aromatic heterocycles. The van der Waals surface area contributed by atoms with Crippen molar-refractivity contribution in [1.29, 1.82) is 0 Å². The van der Waals surface area contributed by atoms with Crippen LogP contribution in [0, 0.1) is 0 Å². The van der Waals surface area contributed by atoms with Gasteiger partial charge < -0.3 is 4.74 Å². The van der Waals surface area contributed by atoms with Gasteiger partial charge in [0.05, 0.1) is 12.8 Å². The summed E-state index contributed by atoms with van der Waals surface area (Å²) >= 11 is 0. The molecule has 0 atom stereocenters. The van der Waals surface area contributed by atoms with Crippen LogP contribution in [0.2, 0.25) is 0 Å². The van der Waals surface area contributed by atoms with Crippen LogP contribution < -0.4 is 0 Å². The Balaban J connectivity index is 2.45. The first kappa shape index (κ1) is 9.71. The number of pyridine rings is 1. The van der Waals surface area contributed by atoms with Gasteiger partial charge in [0, 0.05) is 12.4 Å². The van der Waals surface area contributed by atoms with E-state index in [4.69, 9.17) is 4.74 Å². The predicted molar refractivity (Wildman–Crippen MR) is 59.2 cm³/mol. The highest BCUT2D eigenvalue weighted by molar-refractivity contribution is 5.76. The number of aryl methyl sites for hydroxylation is 1. The van der Waals surface area contributed by atoms with E-state index in [1.165, 1.54) is 0 Å². The topological polar surface area (TPSA) is 39.9 Å². The Labute approximate surface area is 88.2 Å². The maximum atomic E-state index is 5.31. The highest BCUT2D eigenvalue weighted by Crippen LogP contribution is 2.16. The van der Waals surface area contributed by atoms with Crippen molar-refractivity contribution < 1.29 is 4.74 Å². The van der Waals surface area contributed by atoms with E-state index in [0.717, 1.165) is 16.7 Å². The number of fused-ring (bicyclic) bond motifs is 1. The SMILES string of the molecule is C=C(OCC)c1ccc2cnn(C)c2n1. The summed E-state index contributed by atoms with van der Waals surface area (Å²) in [6.07, 6.45) is 1.79. The molecule has 0 amide bonds. The van der Waals surface area contributed by atoms with Crippen molar-refractivity contribution in [1.82, 2.24) is 14.8 Å². The molecule has 0 spiro atoms. The molecule has 0 radical (unpaired) electrons. The van der Waals surface area contributed by atoms with Gasteiger partial charge in [-0.1, -0.05) is 6.58 Å². The lowest BCUT2D eigenvalue weighted by atomic mass is 10.3. The molecule has 0 aliphatic heterocycles. The fraction of sp³-hybridized carbons (Fsp3) is 0.273. The zero-order valence-electron chi connectivity index (χ0n) is 8.90. The van der Waals surface area contributed by atoms with Crippen molar-refractivity contribution in [2.45, 2.75) is 6.92 Å². The van der Waals surface area contributed by atoms with E-state index in [9.17, 15) is 0 Å². The first-order valence-electron chi connectivity index (χ1n) is 4.83. The van der Waals surface area contributed by atoms with E-state index in [1.807, 2.05) is 26.1 Å². The second-order valence-corrected chi connectivity index (χ2v) is 3.23. The van der Waals surface area contributed by atoms with Crippen LogP contribution in [0.1, 0.15) is 12.6 Å². The van der Waals surface area contributed by atoms with Gasteiger partial charge in [0.15, 0.2) is 5.65 Å². The first-order chi connectivity index (χ1) is 7.22. The Morgan fingerprint density at radius 2 is 2.33 bits per heavy atom. The van der Waals surface area contributed by atoms with Gasteiger partial charge in [-0.05, 0) is 19.1 Å². The molecule has 2 rings (SSSR count). The highest BCUT2D eigenvalue weighted by Gasteiger charge is 2.05. The third-order valence-electron chi connectivity index (χ3n) is 2.19. The lowest BCUT2D eigenvalue weighted by Gasteiger charge is -2.05. The Morgan fingerprint density at radius 1 is 1.53 bits per heavy atom. The van der Waals surface area contributed by atoms with Crippen LogP contribution in [0.3, 0.4) is 0 Å². The normalized spacial score (nSPS) is 10.5. The molecule has 0 fully saturated rings. The highest BCUT2D eigenvalue weighted by atomic mass is 16.5. The van der Waals surface area contributed by atoms with Gasteiger partial charge in [-0.25, -0.2) is 4.98 Å². The molecule has 2 aromatic rings. The summed E-state index contributed by atoms with van der Waals surface area (Å²) in [6.45, 7) is 6.35. The van der Waals surface area contributed by atoms with Crippen LogP contribution in [0.15, 0.2) is 24.9 Å². The quantitative estimate of drug-likeness (QED) is 0.716. The Bertz CT molecular complexity index is 502. The van der Waals surface area contributed by atoms with Crippen molar-refractivity contribution in [2.75, 3.05) is 6.61 Å².